The summed E-state index contributed by atoms with van der Waals surface area (Å²) >= 11 is 6.09. The second-order valence-electron chi connectivity index (χ2n) is 5.27. The molecule has 1 fully saturated rings. The van der Waals surface area contributed by atoms with Crippen LogP contribution in [0.25, 0.3) is 11.4 Å². The van der Waals surface area contributed by atoms with E-state index in [1.165, 1.54) is 12.3 Å². The normalized spacial score (nSPS) is 18.5. The molecule has 116 valence electrons. The molecule has 0 amide bonds. The molecule has 2 aromatic heterocycles. The third-order valence-electron chi connectivity index (χ3n) is 3.60. The summed E-state index contributed by atoms with van der Waals surface area (Å²) in [6, 6.07) is 2.80. The SMILES string of the molecule is N[C@@H]1CCCN(c2nc(-c3ccnc(F)c3)[nH]c(=O)c2Cl)C1. The van der Waals surface area contributed by atoms with Crippen LogP contribution >= 0.6 is 11.6 Å². The third-order valence-corrected chi connectivity index (χ3v) is 3.94. The zero-order chi connectivity index (χ0) is 15.7. The molecule has 3 N–H and O–H groups in total. The second kappa shape index (κ2) is 6.02. The van der Waals surface area contributed by atoms with E-state index in [2.05, 4.69) is 15.0 Å². The lowest BCUT2D eigenvalue weighted by molar-refractivity contribution is 0.503. The van der Waals surface area contributed by atoms with Crippen molar-refractivity contribution in [3.63, 3.8) is 0 Å². The molecule has 0 spiro atoms. The maximum absolute atomic E-state index is 13.3. The van der Waals surface area contributed by atoms with Gasteiger partial charge in [0.05, 0.1) is 0 Å². The molecule has 6 nitrogen and oxygen atoms in total. The van der Waals surface area contributed by atoms with Crippen LogP contribution < -0.4 is 16.2 Å². The Hall–Kier alpha value is -1.99. The first-order valence-corrected chi connectivity index (χ1v) is 7.34. The topological polar surface area (TPSA) is 87.9 Å². The predicted octanol–water partition coefficient (Wildman–Crippen LogP) is 1.55. The van der Waals surface area contributed by atoms with Crippen LogP contribution in [0.1, 0.15) is 12.8 Å². The van der Waals surface area contributed by atoms with E-state index >= 15 is 0 Å². The fourth-order valence-electron chi connectivity index (χ4n) is 2.55. The Labute approximate surface area is 131 Å². The van der Waals surface area contributed by atoms with Crippen LogP contribution in [0.5, 0.6) is 0 Å². The van der Waals surface area contributed by atoms with Crippen molar-refractivity contribution in [3.8, 4) is 11.4 Å². The Bertz CT molecular complexity index is 750. The smallest absolute Gasteiger partial charge is 0.272 e. The van der Waals surface area contributed by atoms with Gasteiger partial charge in [-0.1, -0.05) is 11.6 Å². The minimum Gasteiger partial charge on any atom is -0.354 e. The van der Waals surface area contributed by atoms with Gasteiger partial charge in [-0.05, 0) is 18.9 Å². The summed E-state index contributed by atoms with van der Waals surface area (Å²) in [4.78, 5) is 24.4. The minimum absolute atomic E-state index is 0.0207. The number of hydrogen-bond acceptors (Lipinski definition) is 5. The van der Waals surface area contributed by atoms with E-state index in [-0.39, 0.29) is 16.9 Å². The molecule has 0 unspecified atom stereocenters. The van der Waals surface area contributed by atoms with Crippen molar-refractivity contribution >= 4 is 17.4 Å². The molecular formula is C14H15ClFN5O. The van der Waals surface area contributed by atoms with Crippen LogP contribution in [0.15, 0.2) is 23.1 Å². The average molecular weight is 324 g/mol. The lowest BCUT2D eigenvalue weighted by Gasteiger charge is -2.32. The largest absolute Gasteiger partial charge is 0.354 e. The Morgan fingerprint density at radius 1 is 1.50 bits per heavy atom. The molecule has 1 saturated heterocycles. The summed E-state index contributed by atoms with van der Waals surface area (Å²) < 4.78 is 13.3. The van der Waals surface area contributed by atoms with Crippen LogP contribution in [0.4, 0.5) is 10.2 Å². The number of hydrogen-bond donors (Lipinski definition) is 2. The molecule has 0 aromatic carbocycles. The van der Waals surface area contributed by atoms with Crippen LogP contribution in [0.3, 0.4) is 0 Å². The van der Waals surface area contributed by atoms with Crippen molar-refractivity contribution in [2.24, 2.45) is 5.73 Å². The van der Waals surface area contributed by atoms with Crippen molar-refractivity contribution < 1.29 is 4.39 Å². The molecule has 1 aliphatic heterocycles. The molecule has 0 saturated carbocycles. The molecular weight excluding hydrogens is 309 g/mol. The number of aromatic amines is 1. The highest BCUT2D eigenvalue weighted by atomic mass is 35.5. The van der Waals surface area contributed by atoms with Crippen molar-refractivity contribution in [2.45, 2.75) is 18.9 Å². The Morgan fingerprint density at radius 2 is 2.32 bits per heavy atom. The summed E-state index contributed by atoms with van der Waals surface area (Å²) in [5, 5.41) is 0.0207. The highest BCUT2D eigenvalue weighted by Crippen LogP contribution is 2.25. The number of halogens is 2. The predicted molar refractivity (Wildman–Crippen MR) is 82.5 cm³/mol. The zero-order valence-corrected chi connectivity index (χ0v) is 12.5. The summed E-state index contributed by atoms with van der Waals surface area (Å²) in [6.07, 6.45) is 3.15. The second-order valence-corrected chi connectivity index (χ2v) is 5.65. The fraction of sp³-hybridized carbons (Fsp3) is 0.357. The monoisotopic (exact) mass is 323 g/mol. The van der Waals surface area contributed by atoms with Crippen LogP contribution in [-0.2, 0) is 0 Å². The number of nitrogens with zero attached hydrogens (tertiary/aromatic N) is 3. The molecule has 22 heavy (non-hydrogen) atoms. The van der Waals surface area contributed by atoms with Crippen molar-refractivity contribution in [1.29, 1.82) is 0 Å². The molecule has 0 radical (unpaired) electrons. The summed E-state index contributed by atoms with van der Waals surface area (Å²) in [7, 11) is 0. The van der Waals surface area contributed by atoms with Crippen LogP contribution in [0.2, 0.25) is 5.02 Å². The molecule has 3 heterocycles. The number of aromatic nitrogens is 3. The molecule has 0 bridgehead atoms. The van der Waals surface area contributed by atoms with E-state index in [0.717, 1.165) is 19.4 Å². The van der Waals surface area contributed by atoms with E-state index < -0.39 is 11.5 Å². The molecule has 0 aliphatic carbocycles. The van der Waals surface area contributed by atoms with Crippen LogP contribution in [0, 0.1) is 5.95 Å². The van der Waals surface area contributed by atoms with Gasteiger partial charge in [-0.2, -0.15) is 4.39 Å². The van der Waals surface area contributed by atoms with Crippen molar-refractivity contribution in [1.82, 2.24) is 15.0 Å². The standard InChI is InChI=1S/C14H15ClFN5O/c15-11-13(21-5-1-2-9(17)7-21)19-12(20-14(11)22)8-3-4-18-10(16)6-8/h3-4,6,9H,1-2,5,7,17H2,(H,19,20,22)/t9-/m1/s1. The van der Waals surface area contributed by atoms with E-state index in [4.69, 9.17) is 17.3 Å². The number of piperidine rings is 1. The van der Waals surface area contributed by atoms with E-state index in [1.54, 1.807) is 6.07 Å². The first kappa shape index (κ1) is 14.9. The van der Waals surface area contributed by atoms with E-state index in [0.29, 0.717) is 17.9 Å². The molecule has 1 atom stereocenters. The zero-order valence-electron chi connectivity index (χ0n) is 11.7. The van der Waals surface area contributed by atoms with Gasteiger partial charge in [0.15, 0.2) is 5.82 Å². The summed E-state index contributed by atoms with van der Waals surface area (Å²) in [5.41, 5.74) is 5.94. The van der Waals surface area contributed by atoms with Crippen molar-refractivity contribution in [3.05, 3.63) is 39.7 Å². The number of pyridine rings is 1. The lowest BCUT2D eigenvalue weighted by Crippen LogP contribution is -2.43. The molecule has 3 rings (SSSR count). The number of H-pyrrole nitrogens is 1. The quantitative estimate of drug-likeness (QED) is 0.819. The lowest BCUT2D eigenvalue weighted by atomic mass is 10.1. The summed E-state index contributed by atoms with van der Waals surface area (Å²) in [6.45, 7) is 1.31. The number of nitrogens with one attached hydrogen (secondary N) is 1. The Balaban J connectivity index is 2.05. The van der Waals surface area contributed by atoms with Gasteiger partial charge in [-0.15, -0.1) is 0 Å². The number of nitrogens with two attached hydrogens (primary N) is 1. The molecule has 1 aliphatic rings. The molecule has 2 aromatic rings. The van der Waals surface area contributed by atoms with Gasteiger partial charge < -0.3 is 15.6 Å². The number of rotatable bonds is 2. The van der Waals surface area contributed by atoms with E-state index in [9.17, 15) is 9.18 Å². The average Bonchev–Trinajstić information content (AvgIpc) is 2.50. The Kier molecular flexibility index (Phi) is 4.08. The summed E-state index contributed by atoms with van der Waals surface area (Å²) in [5.74, 6) is -0.00530. The maximum Gasteiger partial charge on any atom is 0.272 e. The van der Waals surface area contributed by atoms with Crippen molar-refractivity contribution in [2.75, 3.05) is 18.0 Å². The number of anilines is 1. The van der Waals surface area contributed by atoms with Crippen LogP contribution in [-0.4, -0.2) is 34.1 Å². The van der Waals surface area contributed by atoms with Gasteiger partial charge in [0.2, 0.25) is 5.95 Å². The first-order valence-electron chi connectivity index (χ1n) is 6.97. The maximum atomic E-state index is 13.3. The van der Waals surface area contributed by atoms with Gasteiger partial charge in [0, 0.05) is 37.0 Å². The van der Waals surface area contributed by atoms with Gasteiger partial charge in [0.25, 0.3) is 5.56 Å². The third kappa shape index (κ3) is 2.95. The van der Waals surface area contributed by atoms with Gasteiger partial charge in [-0.3, -0.25) is 4.79 Å². The van der Waals surface area contributed by atoms with E-state index in [1.807, 2.05) is 4.90 Å². The highest BCUT2D eigenvalue weighted by molar-refractivity contribution is 6.32. The fourth-order valence-corrected chi connectivity index (χ4v) is 2.75. The van der Waals surface area contributed by atoms with Gasteiger partial charge in [-0.25, -0.2) is 9.97 Å². The highest BCUT2D eigenvalue weighted by Gasteiger charge is 2.22. The Morgan fingerprint density at radius 3 is 3.05 bits per heavy atom. The van der Waals surface area contributed by atoms with Gasteiger partial charge >= 0.3 is 0 Å². The van der Waals surface area contributed by atoms with Gasteiger partial charge in [0.1, 0.15) is 10.8 Å². The first-order chi connectivity index (χ1) is 10.5. The minimum atomic E-state index is -0.642. The molecule has 8 heteroatoms.